The lowest BCUT2D eigenvalue weighted by atomic mass is 9.85. The quantitative estimate of drug-likeness (QED) is 0.463. The van der Waals surface area contributed by atoms with Gasteiger partial charge in [0.15, 0.2) is 0 Å². The molecule has 132 valence electrons. The van der Waals surface area contributed by atoms with Crippen molar-refractivity contribution in [2.24, 2.45) is 23.7 Å². The molecule has 2 aliphatic carbocycles. The van der Waals surface area contributed by atoms with E-state index in [1.807, 2.05) is 6.07 Å². The second-order valence-corrected chi connectivity index (χ2v) is 7.11. The van der Waals surface area contributed by atoms with E-state index in [0.29, 0.717) is 32.4 Å². The zero-order valence-corrected chi connectivity index (χ0v) is 14.0. The maximum atomic E-state index is 12.5. The van der Waals surface area contributed by atoms with E-state index in [9.17, 15) is 14.4 Å². The average Bonchev–Trinajstić information content (AvgIpc) is 3.37. The van der Waals surface area contributed by atoms with Gasteiger partial charge in [-0.3, -0.25) is 19.3 Å². The smallest absolute Gasteiger partial charge is 0.233 e. The number of hydrogen-bond acceptors (Lipinski definition) is 4. The van der Waals surface area contributed by atoms with Gasteiger partial charge in [0.1, 0.15) is 5.76 Å². The number of fused-ring (bicyclic) bond motifs is 5. The highest BCUT2D eigenvalue weighted by molar-refractivity contribution is 6.06. The first-order chi connectivity index (χ1) is 12.1. The molecule has 3 aliphatic rings. The highest BCUT2D eigenvalue weighted by Gasteiger charge is 2.58. The number of amides is 3. The molecular weight excluding hydrogens is 320 g/mol. The monoisotopic (exact) mass is 342 g/mol. The first-order valence-corrected chi connectivity index (χ1v) is 8.98. The molecule has 2 bridgehead atoms. The van der Waals surface area contributed by atoms with Crippen LogP contribution >= 0.6 is 0 Å². The van der Waals surface area contributed by atoms with Crippen molar-refractivity contribution in [2.45, 2.75) is 25.7 Å². The SMILES string of the molecule is O=C(CCc1ccco1)NCCCN1C(=O)C2C3C=CC(C3)C2C1=O. The van der Waals surface area contributed by atoms with Crippen molar-refractivity contribution in [2.75, 3.05) is 13.1 Å². The van der Waals surface area contributed by atoms with E-state index < -0.39 is 0 Å². The van der Waals surface area contributed by atoms with Gasteiger partial charge in [0.05, 0.1) is 18.1 Å². The molecule has 2 heterocycles. The van der Waals surface area contributed by atoms with Crippen LogP contribution in [0.2, 0.25) is 0 Å². The third kappa shape index (κ3) is 2.90. The van der Waals surface area contributed by atoms with Gasteiger partial charge < -0.3 is 9.73 Å². The number of carbonyl (C=O) groups is 3. The second kappa shape index (κ2) is 6.50. The highest BCUT2D eigenvalue weighted by Crippen LogP contribution is 2.52. The van der Waals surface area contributed by atoms with Gasteiger partial charge in [-0.1, -0.05) is 12.2 Å². The molecule has 2 fully saturated rings. The molecule has 6 nitrogen and oxygen atoms in total. The normalized spacial score (nSPS) is 29.5. The maximum absolute atomic E-state index is 12.5. The molecule has 1 aromatic heterocycles. The van der Waals surface area contributed by atoms with E-state index in [-0.39, 0.29) is 41.4 Å². The van der Waals surface area contributed by atoms with Gasteiger partial charge in [-0.25, -0.2) is 0 Å². The van der Waals surface area contributed by atoms with Crippen molar-refractivity contribution in [3.8, 4) is 0 Å². The number of nitrogens with one attached hydrogen (secondary N) is 1. The summed E-state index contributed by atoms with van der Waals surface area (Å²) in [6.45, 7) is 0.858. The molecule has 1 aromatic rings. The molecular formula is C19H22N2O4. The predicted molar refractivity (Wildman–Crippen MR) is 89.1 cm³/mol. The van der Waals surface area contributed by atoms with Gasteiger partial charge in [0.25, 0.3) is 0 Å². The fourth-order valence-electron chi connectivity index (χ4n) is 4.43. The van der Waals surface area contributed by atoms with Gasteiger partial charge in [-0.15, -0.1) is 0 Å². The molecule has 1 N–H and O–H groups in total. The Morgan fingerprint density at radius 1 is 1.20 bits per heavy atom. The van der Waals surface area contributed by atoms with Crippen LogP contribution in [-0.4, -0.2) is 35.7 Å². The van der Waals surface area contributed by atoms with Crippen LogP contribution < -0.4 is 5.32 Å². The lowest BCUT2D eigenvalue weighted by Gasteiger charge is -2.17. The molecule has 25 heavy (non-hydrogen) atoms. The molecule has 0 spiro atoms. The lowest BCUT2D eigenvalue weighted by Crippen LogP contribution is -2.35. The largest absolute Gasteiger partial charge is 0.469 e. The number of carbonyl (C=O) groups excluding carboxylic acids is 3. The molecule has 4 atom stereocenters. The van der Waals surface area contributed by atoms with Crippen molar-refractivity contribution < 1.29 is 18.8 Å². The third-order valence-corrected chi connectivity index (χ3v) is 5.62. The summed E-state index contributed by atoms with van der Waals surface area (Å²) in [5.74, 6) is 0.936. The summed E-state index contributed by atoms with van der Waals surface area (Å²) in [6, 6.07) is 3.64. The summed E-state index contributed by atoms with van der Waals surface area (Å²) in [6.07, 6.45) is 8.27. The van der Waals surface area contributed by atoms with E-state index in [4.69, 9.17) is 4.42 Å². The van der Waals surface area contributed by atoms with Crippen LogP contribution in [0.25, 0.3) is 0 Å². The van der Waals surface area contributed by atoms with Gasteiger partial charge >= 0.3 is 0 Å². The van der Waals surface area contributed by atoms with Crippen LogP contribution in [0.15, 0.2) is 35.0 Å². The number of likely N-dealkylation sites (tertiary alicyclic amines) is 1. The number of hydrogen-bond donors (Lipinski definition) is 1. The molecule has 6 heteroatoms. The topological polar surface area (TPSA) is 79.6 Å². The summed E-state index contributed by atoms with van der Waals surface area (Å²) < 4.78 is 5.19. The van der Waals surface area contributed by atoms with E-state index in [1.54, 1.807) is 12.3 Å². The van der Waals surface area contributed by atoms with Crippen LogP contribution in [0.3, 0.4) is 0 Å². The molecule has 4 rings (SSSR count). The minimum absolute atomic E-state index is 0.0176. The van der Waals surface area contributed by atoms with Crippen molar-refractivity contribution >= 4 is 17.7 Å². The van der Waals surface area contributed by atoms with Crippen LogP contribution in [0.4, 0.5) is 0 Å². The second-order valence-electron chi connectivity index (χ2n) is 7.11. The molecule has 1 saturated heterocycles. The standard InChI is InChI=1S/C19H22N2O4/c22-15(7-6-14-3-1-10-25-14)20-8-2-9-21-18(23)16-12-4-5-13(11-12)17(16)19(21)24/h1,3-5,10,12-13,16-17H,2,6-9,11H2,(H,20,22). The average molecular weight is 342 g/mol. The molecule has 4 unspecified atom stereocenters. The Morgan fingerprint density at radius 2 is 1.92 bits per heavy atom. The van der Waals surface area contributed by atoms with Gasteiger partial charge in [-0.2, -0.15) is 0 Å². The van der Waals surface area contributed by atoms with E-state index >= 15 is 0 Å². The highest BCUT2D eigenvalue weighted by atomic mass is 16.3. The number of nitrogens with zero attached hydrogens (tertiary/aromatic N) is 1. The maximum Gasteiger partial charge on any atom is 0.233 e. The summed E-state index contributed by atoms with van der Waals surface area (Å²) in [5.41, 5.74) is 0. The summed E-state index contributed by atoms with van der Waals surface area (Å²) in [4.78, 5) is 38.3. The van der Waals surface area contributed by atoms with Gasteiger partial charge in [-0.05, 0) is 36.8 Å². The summed E-state index contributed by atoms with van der Waals surface area (Å²) in [5, 5.41) is 2.84. The number of imide groups is 1. The Morgan fingerprint density at radius 3 is 2.56 bits per heavy atom. The number of allylic oxidation sites excluding steroid dienone is 2. The Kier molecular flexibility index (Phi) is 4.19. The number of aryl methyl sites for hydroxylation is 1. The fraction of sp³-hybridized carbons (Fsp3) is 0.526. The Labute approximate surface area is 146 Å². The first-order valence-electron chi connectivity index (χ1n) is 8.98. The molecule has 3 amide bonds. The zero-order chi connectivity index (χ0) is 17.4. The fourth-order valence-corrected chi connectivity index (χ4v) is 4.43. The van der Waals surface area contributed by atoms with Crippen LogP contribution in [0, 0.1) is 23.7 Å². The molecule has 0 radical (unpaired) electrons. The van der Waals surface area contributed by atoms with Crippen molar-refractivity contribution in [3.05, 3.63) is 36.3 Å². The van der Waals surface area contributed by atoms with Gasteiger partial charge in [0, 0.05) is 25.9 Å². The Hall–Kier alpha value is -2.37. The zero-order valence-electron chi connectivity index (χ0n) is 14.0. The van der Waals surface area contributed by atoms with E-state index in [2.05, 4.69) is 17.5 Å². The minimum Gasteiger partial charge on any atom is -0.469 e. The van der Waals surface area contributed by atoms with E-state index in [0.717, 1.165) is 12.2 Å². The lowest BCUT2D eigenvalue weighted by molar-refractivity contribution is -0.140. The minimum atomic E-state index is -0.134. The summed E-state index contributed by atoms with van der Waals surface area (Å²) >= 11 is 0. The molecule has 1 aliphatic heterocycles. The first kappa shape index (κ1) is 16.1. The van der Waals surface area contributed by atoms with Crippen molar-refractivity contribution in [1.29, 1.82) is 0 Å². The van der Waals surface area contributed by atoms with Crippen molar-refractivity contribution in [3.63, 3.8) is 0 Å². The predicted octanol–water partition coefficient (Wildman–Crippen LogP) is 1.53. The van der Waals surface area contributed by atoms with Crippen molar-refractivity contribution in [1.82, 2.24) is 10.2 Å². The van der Waals surface area contributed by atoms with E-state index in [1.165, 1.54) is 4.90 Å². The molecule has 0 aromatic carbocycles. The van der Waals surface area contributed by atoms with Crippen LogP contribution in [0.1, 0.15) is 25.0 Å². The Balaban J connectivity index is 1.20. The number of rotatable bonds is 7. The molecule has 1 saturated carbocycles. The van der Waals surface area contributed by atoms with Crippen LogP contribution in [-0.2, 0) is 20.8 Å². The summed E-state index contributed by atoms with van der Waals surface area (Å²) in [7, 11) is 0. The van der Waals surface area contributed by atoms with Crippen LogP contribution in [0.5, 0.6) is 0 Å². The number of furan rings is 1. The Bertz CT molecular complexity index is 679. The third-order valence-electron chi connectivity index (χ3n) is 5.62. The van der Waals surface area contributed by atoms with Gasteiger partial charge in [0.2, 0.25) is 17.7 Å².